The van der Waals surface area contributed by atoms with Gasteiger partial charge in [-0.15, -0.1) is 11.3 Å². The molecule has 136 valence electrons. The summed E-state index contributed by atoms with van der Waals surface area (Å²) in [6.07, 6.45) is 1.99. The molecule has 8 heteroatoms. The third kappa shape index (κ3) is 4.73. The number of carbonyl (C=O) groups is 1. The fourth-order valence-electron chi connectivity index (χ4n) is 3.39. The van der Waals surface area contributed by atoms with Crippen LogP contribution in [0.4, 0.5) is 0 Å². The number of amides is 1. The molecule has 1 amide bonds. The predicted octanol–water partition coefficient (Wildman–Crippen LogP) is 0.827. The quantitative estimate of drug-likeness (QED) is 0.363. The number of rotatable bonds is 7. The zero-order valence-electron chi connectivity index (χ0n) is 13.9. The maximum Gasteiger partial charge on any atom is 0.249 e. The Morgan fingerprint density at radius 3 is 2.75 bits per heavy atom. The normalized spacial score (nSPS) is 28.1. The van der Waals surface area contributed by atoms with Gasteiger partial charge in [0.1, 0.15) is 0 Å². The summed E-state index contributed by atoms with van der Waals surface area (Å²) in [6.45, 7) is 2.11. The molecule has 1 aliphatic carbocycles. The number of thiazole rings is 1. The first-order valence-electron chi connectivity index (χ1n) is 8.32. The molecule has 0 spiro atoms. The van der Waals surface area contributed by atoms with E-state index in [4.69, 9.17) is 10.9 Å². The lowest BCUT2D eigenvalue weighted by Gasteiger charge is -2.41. The fraction of sp³-hybridized carbons (Fsp3) is 0.750. The Bertz CT molecular complexity index is 517. The van der Waals surface area contributed by atoms with Crippen LogP contribution in [0.25, 0.3) is 0 Å². The number of hydroxylamine groups is 1. The van der Waals surface area contributed by atoms with Crippen molar-refractivity contribution in [3.8, 4) is 0 Å². The monoisotopic (exact) mass is 357 g/mol. The Hall–Kier alpha value is -1.06. The lowest BCUT2D eigenvalue weighted by atomic mass is 9.70. The lowest BCUT2D eigenvalue weighted by Crippen LogP contribution is -2.51. The van der Waals surface area contributed by atoms with E-state index in [9.17, 15) is 15.0 Å². The predicted molar refractivity (Wildman–Crippen MR) is 90.4 cm³/mol. The fourth-order valence-corrected chi connectivity index (χ4v) is 3.96. The Labute approximate surface area is 145 Å². The van der Waals surface area contributed by atoms with Crippen LogP contribution in [0.15, 0.2) is 10.9 Å². The second kappa shape index (κ2) is 8.35. The molecular formula is C16H27N3O4S. The summed E-state index contributed by atoms with van der Waals surface area (Å²) in [6, 6.07) is -0.591. The first kappa shape index (κ1) is 19.3. The molecule has 3 atom stereocenters. The van der Waals surface area contributed by atoms with Gasteiger partial charge in [0.2, 0.25) is 5.91 Å². The van der Waals surface area contributed by atoms with E-state index >= 15 is 0 Å². The van der Waals surface area contributed by atoms with Gasteiger partial charge in [-0.3, -0.25) is 10.0 Å². The molecule has 3 unspecified atom stereocenters. The molecule has 1 fully saturated rings. The van der Waals surface area contributed by atoms with Crippen LogP contribution in [0, 0.1) is 11.8 Å². The van der Waals surface area contributed by atoms with Gasteiger partial charge in [0.25, 0.3) is 0 Å². The zero-order valence-corrected chi connectivity index (χ0v) is 14.7. The van der Waals surface area contributed by atoms with Crippen LogP contribution in [0.3, 0.4) is 0 Å². The highest BCUT2D eigenvalue weighted by molar-refractivity contribution is 7.07. The number of nitrogens with two attached hydrogens (primary N) is 1. The first-order chi connectivity index (χ1) is 11.4. The Morgan fingerprint density at radius 1 is 1.54 bits per heavy atom. The van der Waals surface area contributed by atoms with Crippen LogP contribution >= 0.6 is 11.3 Å². The molecule has 1 heterocycles. The van der Waals surface area contributed by atoms with E-state index < -0.39 is 29.6 Å². The number of aromatic nitrogens is 1. The second-order valence-electron chi connectivity index (χ2n) is 6.97. The number of aliphatic hydroxyl groups is 2. The molecular weight excluding hydrogens is 330 g/mol. The van der Waals surface area contributed by atoms with Gasteiger partial charge in [-0.1, -0.05) is 6.92 Å². The van der Waals surface area contributed by atoms with Gasteiger partial charge in [-0.25, -0.2) is 10.5 Å². The number of nitrogens with one attached hydrogen (secondary N) is 1. The Kier molecular flexibility index (Phi) is 6.70. The van der Waals surface area contributed by atoms with Crippen molar-refractivity contribution in [1.29, 1.82) is 0 Å². The lowest BCUT2D eigenvalue weighted by molar-refractivity contribution is -0.150. The largest absolute Gasteiger partial charge is 0.391 e. The molecule has 7 nitrogen and oxygen atoms in total. The SMILES string of the molecule is CC1CCC(O)(C(CC(O)C(N)Cc2cscn2)C(=O)NO)CC1. The van der Waals surface area contributed by atoms with Gasteiger partial charge in [0, 0.05) is 17.8 Å². The molecule has 1 aromatic rings. The highest BCUT2D eigenvalue weighted by Crippen LogP contribution is 2.39. The molecule has 0 radical (unpaired) electrons. The summed E-state index contributed by atoms with van der Waals surface area (Å²) in [4.78, 5) is 16.2. The van der Waals surface area contributed by atoms with E-state index in [0.717, 1.165) is 18.5 Å². The molecule has 1 saturated carbocycles. The van der Waals surface area contributed by atoms with Crippen molar-refractivity contribution in [3.63, 3.8) is 0 Å². The van der Waals surface area contributed by atoms with E-state index in [1.165, 1.54) is 11.3 Å². The minimum atomic E-state index is -1.22. The van der Waals surface area contributed by atoms with E-state index in [0.29, 0.717) is 25.2 Å². The summed E-state index contributed by atoms with van der Waals surface area (Å²) >= 11 is 1.45. The van der Waals surface area contributed by atoms with Crippen molar-refractivity contribution in [2.75, 3.05) is 0 Å². The van der Waals surface area contributed by atoms with E-state index in [1.54, 1.807) is 11.0 Å². The summed E-state index contributed by atoms with van der Waals surface area (Å²) < 4.78 is 0. The minimum absolute atomic E-state index is 0.00256. The van der Waals surface area contributed by atoms with Gasteiger partial charge in [-0.05, 0) is 38.0 Å². The van der Waals surface area contributed by atoms with Crippen molar-refractivity contribution in [2.45, 2.75) is 63.2 Å². The van der Waals surface area contributed by atoms with Crippen LogP contribution in [-0.4, -0.2) is 44.1 Å². The van der Waals surface area contributed by atoms with E-state index in [1.807, 2.05) is 5.38 Å². The van der Waals surface area contributed by atoms with Crippen LogP contribution in [0.1, 0.15) is 44.7 Å². The number of carbonyl (C=O) groups excluding carboxylic acids is 1. The smallest absolute Gasteiger partial charge is 0.249 e. The zero-order chi connectivity index (χ0) is 17.7. The standard InChI is InChI=1S/C16H27N3O4S/c1-10-2-4-16(22,5-3-10)12(15(21)19-23)7-14(20)13(17)6-11-8-24-9-18-11/h8-10,12-14,20,22-23H,2-7,17H2,1H3,(H,19,21). The molecule has 6 N–H and O–H groups in total. The van der Waals surface area contributed by atoms with E-state index in [-0.39, 0.29) is 6.42 Å². The molecule has 1 aromatic heterocycles. The topological polar surface area (TPSA) is 129 Å². The van der Waals surface area contributed by atoms with Crippen LogP contribution < -0.4 is 11.2 Å². The van der Waals surface area contributed by atoms with Gasteiger partial charge >= 0.3 is 0 Å². The maximum atomic E-state index is 12.1. The van der Waals surface area contributed by atoms with Crippen LogP contribution in [0.2, 0.25) is 0 Å². The number of nitrogens with zero attached hydrogens (tertiary/aromatic N) is 1. The van der Waals surface area contributed by atoms with Gasteiger partial charge in [0.05, 0.1) is 28.8 Å². The van der Waals surface area contributed by atoms with Gasteiger partial charge in [0.15, 0.2) is 0 Å². The molecule has 0 saturated heterocycles. The molecule has 1 aliphatic rings. The maximum absolute atomic E-state index is 12.1. The summed E-state index contributed by atoms with van der Waals surface area (Å²) in [7, 11) is 0. The second-order valence-corrected chi connectivity index (χ2v) is 7.68. The Balaban J connectivity index is 2.03. The number of hydrogen-bond donors (Lipinski definition) is 5. The van der Waals surface area contributed by atoms with Crippen LogP contribution in [-0.2, 0) is 11.2 Å². The third-order valence-corrected chi connectivity index (χ3v) is 5.75. The van der Waals surface area contributed by atoms with Crippen molar-refractivity contribution in [1.82, 2.24) is 10.5 Å². The molecule has 0 aliphatic heterocycles. The summed E-state index contributed by atoms with van der Waals surface area (Å²) in [5, 5.41) is 32.2. The van der Waals surface area contributed by atoms with Gasteiger partial charge < -0.3 is 15.9 Å². The number of hydrogen-bond acceptors (Lipinski definition) is 7. The third-order valence-electron chi connectivity index (χ3n) is 5.12. The average molecular weight is 357 g/mol. The van der Waals surface area contributed by atoms with Crippen molar-refractivity contribution in [2.24, 2.45) is 17.6 Å². The van der Waals surface area contributed by atoms with Crippen LogP contribution in [0.5, 0.6) is 0 Å². The Morgan fingerprint density at radius 2 is 2.21 bits per heavy atom. The minimum Gasteiger partial charge on any atom is -0.391 e. The summed E-state index contributed by atoms with van der Waals surface area (Å²) in [5.41, 5.74) is 8.93. The molecule has 2 rings (SSSR count). The molecule has 0 bridgehead atoms. The molecule has 24 heavy (non-hydrogen) atoms. The van der Waals surface area contributed by atoms with Gasteiger partial charge in [-0.2, -0.15) is 0 Å². The number of aliphatic hydroxyl groups excluding tert-OH is 1. The van der Waals surface area contributed by atoms with Crippen molar-refractivity contribution < 1.29 is 20.2 Å². The molecule has 0 aromatic carbocycles. The highest BCUT2D eigenvalue weighted by atomic mass is 32.1. The first-order valence-corrected chi connectivity index (χ1v) is 9.27. The summed E-state index contributed by atoms with van der Waals surface area (Å²) in [5.74, 6) is -1.07. The highest BCUT2D eigenvalue weighted by Gasteiger charge is 2.44. The van der Waals surface area contributed by atoms with Crippen molar-refractivity contribution >= 4 is 17.2 Å². The van der Waals surface area contributed by atoms with E-state index in [2.05, 4.69) is 11.9 Å². The average Bonchev–Trinajstić information content (AvgIpc) is 3.07. The van der Waals surface area contributed by atoms with Crippen molar-refractivity contribution in [3.05, 3.63) is 16.6 Å².